The Labute approximate surface area is 192 Å². The van der Waals surface area contributed by atoms with Gasteiger partial charge in [-0.3, -0.25) is 0 Å². The molecule has 0 amide bonds. The zero-order valence-electron chi connectivity index (χ0n) is 17.1. The van der Waals surface area contributed by atoms with Crippen molar-refractivity contribution in [2.45, 2.75) is 18.6 Å². The summed E-state index contributed by atoms with van der Waals surface area (Å²) in [5.41, 5.74) is 9.80. The van der Waals surface area contributed by atoms with E-state index in [0.29, 0.717) is 34.4 Å². The summed E-state index contributed by atoms with van der Waals surface area (Å²) in [7, 11) is 0. The van der Waals surface area contributed by atoms with Gasteiger partial charge in [0.15, 0.2) is 0 Å². The maximum Gasteiger partial charge on any atom is 0.128 e. The number of benzene rings is 3. The minimum Gasteiger partial charge on any atom is -0.396 e. The summed E-state index contributed by atoms with van der Waals surface area (Å²) in [6.07, 6.45) is -0.339. The molecule has 0 aliphatic heterocycles. The lowest BCUT2D eigenvalue weighted by Crippen LogP contribution is -2.85. The van der Waals surface area contributed by atoms with Crippen LogP contribution in [0.1, 0.15) is 28.9 Å². The molecule has 3 rings (SSSR count). The first-order valence-electron chi connectivity index (χ1n) is 10.2. The lowest BCUT2D eigenvalue weighted by molar-refractivity contribution is -0.661. The van der Waals surface area contributed by atoms with Crippen LogP contribution in [0.5, 0.6) is 0 Å². The molecular weight excluding hydrogens is 433 g/mol. The summed E-state index contributed by atoms with van der Waals surface area (Å²) in [4.78, 5) is 0. The van der Waals surface area contributed by atoms with Crippen LogP contribution in [-0.2, 0) is 6.42 Å². The zero-order valence-corrected chi connectivity index (χ0v) is 18.7. The largest absolute Gasteiger partial charge is 0.396 e. The van der Waals surface area contributed by atoms with Gasteiger partial charge >= 0.3 is 0 Å². The normalized spacial score (nSPS) is 13.0. The molecule has 0 aromatic heterocycles. The number of aliphatic hydroxyl groups excluding tert-OH is 2. The maximum absolute atomic E-state index is 10.4. The van der Waals surface area contributed by atoms with Gasteiger partial charge in [0.25, 0.3) is 0 Å². The number of quaternary nitrogens is 1. The molecule has 0 saturated carbocycles. The lowest BCUT2D eigenvalue weighted by Gasteiger charge is -2.14. The van der Waals surface area contributed by atoms with Gasteiger partial charge in [0, 0.05) is 18.7 Å². The van der Waals surface area contributed by atoms with Gasteiger partial charge in [0.2, 0.25) is 0 Å². The maximum atomic E-state index is 10.4. The van der Waals surface area contributed by atoms with E-state index in [1.54, 1.807) is 12.1 Å². The molecule has 0 bridgehead atoms. The number of nitrogens with one attached hydrogen (secondary N) is 1. The molecule has 0 fully saturated rings. The van der Waals surface area contributed by atoms with Crippen molar-refractivity contribution in [3.63, 3.8) is 0 Å². The van der Waals surface area contributed by atoms with Crippen LogP contribution in [0.2, 0.25) is 10.0 Å². The van der Waals surface area contributed by atoms with Gasteiger partial charge in [-0.1, -0.05) is 65.7 Å². The number of aliphatic hydroxyl groups is 2. The molecule has 164 valence electrons. The van der Waals surface area contributed by atoms with Gasteiger partial charge in [-0.05, 0) is 41.0 Å². The molecule has 0 aliphatic carbocycles. The highest BCUT2D eigenvalue weighted by Crippen LogP contribution is 2.30. The average Bonchev–Trinajstić information content (AvgIpc) is 2.79. The molecule has 7 N–H and O–H groups in total. The smallest absolute Gasteiger partial charge is 0.128 e. The van der Waals surface area contributed by atoms with E-state index in [1.807, 2.05) is 42.5 Å². The quantitative estimate of drug-likeness (QED) is 0.236. The summed E-state index contributed by atoms with van der Waals surface area (Å²) in [6, 6.07) is 21.1. The van der Waals surface area contributed by atoms with E-state index in [0.717, 1.165) is 24.2 Å². The number of halogens is 2. The summed E-state index contributed by atoms with van der Waals surface area (Å²) >= 11 is 12.1. The summed E-state index contributed by atoms with van der Waals surface area (Å²) in [5, 5.41) is 26.6. The van der Waals surface area contributed by atoms with Crippen molar-refractivity contribution in [3.8, 4) is 0 Å². The van der Waals surface area contributed by atoms with Crippen LogP contribution in [0.3, 0.4) is 0 Å². The SMILES string of the molecule is Nc1c(Cl)cc(C(O)C[NH2+]CCc2ccc(NCC(O)c3ccccc3)cc2)cc1Cl. The van der Waals surface area contributed by atoms with Gasteiger partial charge in [0.05, 0.1) is 28.4 Å². The topological polar surface area (TPSA) is 95.1 Å². The minimum absolute atomic E-state index is 0.329. The van der Waals surface area contributed by atoms with Crippen molar-refractivity contribution in [1.82, 2.24) is 0 Å². The molecule has 0 aliphatic rings. The van der Waals surface area contributed by atoms with Gasteiger partial charge in [-0.15, -0.1) is 0 Å². The first kappa shape index (κ1) is 23.4. The van der Waals surface area contributed by atoms with Crippen molar-refractivity contribution in [2.75, 3.05) is 30.7 Å². The number of hydrogen-bond acceptors (Lipinski definition) is 4. The molecule has 0 saturated heterocycles. The Morgan fingerprint density at radius 1 is 0.871 bits per heavy atom. The van der Waals surface area contributed by atoms with Gasteiger partial charge in [-0.2, -0.15) is 0 Å². The monoisotopic (exact) mass is 460 g/mol. The van der Waals surface area contributed by atoms with E-state index >= 15 is 0 Å². The Morgan fingerprint density at radius 3 is 2.16 bits per heavy atom. The molecule has 2 unspecified atom stereocenters. The number of hydrogen-bond donors (Lipinski definition) is 5. The Morgan fingerprint density at radius 2 is 1.52 bits per heavy atom. The summed E-state index contributed by atoms with van der Waals surface area (Å²) < 4.78 is 0. The molecule has 0 spiro atoms. The molecule has 5 nitrogen and oxygen atoms in total. The molecule has 3 aromatic carbocycles. The standard InChI is InChI=1S/C24H27Cl2N3O2/c25-20-12-18(13-21(26)24(20)27)22(30)14-28-11-10-16-6-8-19(9-7-16)29-15-23(31)17-4-2-1-3-5-17/h1-9,12-13,22-23,28-31H,10-11,14-15,27H2/p+1. The van der Waals surface area contributed by atoms with Crippen molar-refractivity contribution in [3.05, 3.63) is 93.5 Å². The van der Waals surface area contributed by atoms with Crippen molar-refractivity contribution >= 4 is 34.6 Å². The summed E-state index contributed by atoms with van der Waals surface area (Å²) in [6.45, 7) is 1.80. The average molecular weight is 461 g/mol. The fourth-order valence-electron chi connectivity index (χ4n) is 3.27. The third-order valence-corrected chi connectivity index (χ3v) is 5.78. The van der Waals surface area contributed by atoms with E-state index in [4.69, 9.17) is 28.9 Å². The van der Waals surface area contributed by atoms with Crippen molar-refractivity contribution in [2.24, 2.45) is 0 Å². The molecule has 0 heterocycles. The highest BCUT2D eigenvalue weighted by Gasteiger charge is 2.13. The van der Waals surface area contributed by atoms with E-state index in [2.05, 4.69) is 22.8 Å². The fourth-order valence-corrected chi connectivity index (χ4v) is 3.78. The van der Waals surface area contributed by atoms with E-state index in [-0.39, 0.29) is 0 Å². The van der Waals surface area contributed by atoms with Crippen LogP contribution in [0, 0.1) is 0 Å². The van der Waals surface area contributed by atoms with Crippen molar-refractivity contribution in [1.29, 1.82) is 0 Å². The van der Waals surface area contributed by atoms with Crippen molar-refractivity contribution < 1.29 is 15.5 Å². The first-order valence-corrected chi connectivity index (χ1v) is 11.0. The number of nitrogens with two attached hydrogens (primary N) is 2. The molecule has 0 radical (unpaired) electrons. The number of nitrogen functional groups attached to an aromatic ring is 1. The zero-order chi connectivity index (χ0) is 22.2. The van der Waals surface area contributed by atoms with Crippen LogP contribution >= 0.6 is 23.2 Å². The summed E-state index contributed by atoms with van der Waals surface area (Å²) in [5.74, 6) is 0. The number of rotatable bonds is 10. The highest BCUT2D eigenvalue weighted by atomic mass is 35.5. The molecule has 3 aromatic rings. The second kappa shape index (κ2) is 11.4. The highest BCUT2D eigenvalue weighted by molar-refractivity contribution is 6.38. The van der Waals surface area contributed by atoms with Crippen LogP contribution < -0.4 is 16.4 Å². The lowest BCUT2D eigenvalue weighted by atomic mass is 10.1. The van der Waals surface area contributed by atoms with E-state index in [1.165, 1.54) is 5.56 Å². The van der Waals surface area contributed by atoms with Crippen LogP contribution in [0.25, 0.3) is 0 Å². The Bertz CT molecular complexity index is 945. The predicted octanol–water partition coefficient (Wildman–Crippen LogP) is 3.56. The predicted molar refractivity (Wildman–Crippen MR) is 128 cm³/mol. The minimum atomic E-state index is -0.668. The van der Waals surface area contributed by atoms with Crippen LogP contribution in [0.4, 0.5) is 11.4 Å². The molecule has 31 heavy (non-hydrogen) atoms. The Balaban J connectivity index is 1.40. The first-order chi connectivity index (χ1) is 14.9. The molecular formula is C24H28Cl2N3O2+. The third kappa shape index (κ3) is 6.86. The van der Waals surface area contributed by atoms with Crippen LogP contribution in [-0.4, -0.2) is 29.8 Å². The number of anilines is 2. The second-order valence-corrected chi connectivity index (χ2v) is 8.30. The van der Waals surface area contributed by atoms with Crippen LogP contribution in [0.15, 0.2) is 66.7 Å². The van der Waals surface area contributed by atoms with E-state index < -0.39 is 12.2 Å². The Hall–Kier alpha value is -2.28. The van der Waals surface area contributed by atoms with Gasteiger partial charge in [-0.25, -0.2) is 0 Å². The Kier molecular flexibility index (Phi) is 8.58. The van der Waals surface area contributed by atoms with Gasteiger partial charge < -0.3 is 26.6 Å². The molecule has 2 atom stereocenters. The molecule has 7 heteroatoms. The second-order valence-electron chi connectivity index (χ2n) is 7.48. The fraction of sp³-hybridized carbons (Fsp3) is 0.250. The van der Waals surface area contributed by atoms with E-state index in [9.17, 15) is 10.2 Å². The van der Waals surface area contributed by atoms with Gasteiger partial charge in [0.1, 0.15) is 12.6 Å². The third-order valence-electron chi connectivity index (χ3n) is 5.15.